The second-order valence-electron chi connectivity index (χ2n) is 12.3. The molecule has 212 valence electrons. The van der Waals surface area contributed by atoms with Gasteiger partial charge in [-0.05, 0) is 80.8 Å². The number of amides is 1. The minimum Gasteiger partial charge on any atom is -0.378 e. The predicted molar refractivity (Wildman–Crippen MR) is 162 cm³/mol. The van der Waals surface area contributed by atoms with Gasteiger partial charge in [0.1, 0.15) is 5.82 Å². The summed E-state index contributed by atoms with van der Waals surface area (Å²) in [4.78, 5) is 22.9. The number of fused-ring (bicyclic) bond motifs is 3. The van der Waals surface area contributed by atoms with E-state index in [1.165, 1.54) is 11.1 Å². The number of carbonyl (C=O) groups is 1. The first-order valence-corrected chi connectivity index (χ1v) is 15.3. The van der Waals surface area contributed by atoms with Crippen LogP contribution in [0, 0.1) is 6.92 Å². The van der Waals surface area contributed by atoms with E-state index >= 15 is 0 Å². The molecule has 3 aliphatic rings. The van der Waals surface area contributed by atoms with Gasteiger partial charge < -0.3 is 14.2 Å². The first-order valence-electron chi connectivity index (χ1n) is 15.3. The molecule has 0 aliphatic carbocycles. The van der Waals surface area contributed by atoms with Gasteiger partial charge in [-0.1, -0.05) is 60.7 Å². The average molecular weight is 549 g/mol. The Bertz CT molecular complexity index is 1480. The highest BCUT2D eigenvalue weighted by atomic mass is 16.5. The molecular formula is C35H40N4O2. The van der Waals surface area contributed by atoms with Gasteiger partial charge in [0.25, 0.3) is 5.91 Å². The van der Waals surface area contributed by atoms with Crippen molar-refractivity contribution >= 4 is 16.9 Å². The van der Waals surface area contributed by atoms with Crippen molar-refractivity contribution in [1.82, 2.24) is 19.4 Å². The van der Waals surface area contributed by atoms with Gasteiger partial charge in [0.2, 0.25) is 0 Å². The Morgan fingerprint density at radius 1 is 0.854 bits per heavy atom. The smallest absolute Gasteiger partial charge is 0.253 e. The monoisotopic (exact) mass is 548 g/mol. The first kappa shape index (κ1) is 26.4. The van der Waals surface area contributed by atoms with Gasteiger partial charge in [-0.3, -0.25) is 9.69 Å². The number of nitrogens with zero attached hydrogens (tertiary/aromatic N) is 4. The Morgan fingerprint density at radius 2 is 1.49 bits per heavy atom. The van der Waals surface area contributed by atoms with E-state index in [4.69, 9.17) is 9.72 Å². The van der Waals surface area contributed by atoms with Crippen LogP contribution in [0.2, 0.25) is 0 Å². The van der Waals surface area contributed by atoms with E-state index in [0.717, 1.165) is 81.9 Å². The fourth-order valence-corrected chi connectivity index (χ4v) is 7.88. The molecule has 6 nitrogen and oxygen atoms in total. The molecular weight excluding hydrogens is 508 g/mol. The molecule has 7 rings (SSSR count). The third kappa shape index (κ3) is 4.98. The number of benzene rings is 3. The van der Waals surface area contributed by atoms with Crippen molar-refractivity contribution in [3.05, 3.63) is 102 Å². The van der Waals surface area contributed by atoms with E-state index in [2.05, 4.69) is 75.9 Å². The summed E-state index contributed by atoms with van der Waals surface area (Å²) in [5.74, 6) is 1.27. The van der Waals surface area contributed by atoms with Gasteiger partial charge in [-0.25, -0.2) is 4.98 Å². The third-order valence-corrected chi connectivity index (χ3v) is 10.0. The Morgan fingerprint density at radius 3 is 2.20 bits per heavy atom. The Labute approximate surface area is 242 Å². The lowest BCUT2D eigenvalue weighted by Gasteiger charge is -2.51. The number of piperidine rings is 2. The van der Waals surface area contributed by atoms with Crippen LogP contribution in [0.15, 0.2) is 84.9 Å². The molecule has 3 fully saturated rings. The molecule has 1 amide bonds. The van der Waals surface area contributed by atoms with Crippen LogP contribution in [0.1, 0.15) is 59.9 Å². The summed E-state index contributed by atoms with van der Waals surface area (Å²) in [6.07, 6.45) is 5.29. The average Bonchev–Trinajstić information content (AvgIpc) is 3.36. The van der Waals surface area contributed by atoms with Crippen molar-refractivity contribution in [2.45, 2.75) is 62.6 Å². The predicted octanol–water partition coefficient (Wildman–Crippen LogP) is 6.01. The molecule has 1 aromatic heterocycles. The fourth-order valence-electron chi connectivity index (χ4n) is 7.88. The van der Waals surface area contributed by atoms with Crippen LogP contribution in [-0.4, -0.2) is 70.2 Å². The van der Waals surface area contributed by atoms with Crippen LogP contribution in [0.25, 0.3) is 11.0 Å². The number of aromatic nitrogens is 2. The number of rotatable bonds is 6. The highest BCUT2D eigenvalue weighted by Crippen LogP contribution is 2.42. The van der Waals surface area contributed by atoms with Crippen molar-refractivity contribution in [3.63, 3.8) is 0 Å². The molecule has 3 saturated heterocycles. The summed E-state index contributed by atoms with van der Waals surface area (Å²) < 4.78 is 8.61. The number of para-hydroxylation sites is 2. The molecule has 1 unspecified atom stereocenters. The molecule has 6 heteroatoms. The minimum absolute atomic E-state index is 0.0812. The Kier molecular flexibility index (Phi) is 7.13. The van der Waals surface area contributed by atoms with Crippen LogP contribution in [0.3, 0.4) is 0 Å². The number of likely N-dealkylation sites (tertiary alicyclic amines) is 1. The van der Waals surface area contributed by atoms with Crippen LogP contribution in [0.5, 0.6) is 0 Å². The van der Waals surface area contributed by atoms with E-state index in [1.54, 1.807) is 0 Å². The van der Waals surface area contributed by atoms with E-state index in [-0.39, 0.29) is 11.3 Å². The number of carbonyl (C=O) groups excluding carboxylic acids is 1. The highest BCUT2D eigenvalue weighted by molar-refractivity contribution is 5.94. The Hall–Kier alpha value is -3.48. The van der Waals surface area contributed by atoms with Crippen LogP contribution < -0.4 is 0 Å². The van der Waals surface area contributed by atoms with Crippen molar-refractivity contribution in [3.8, 4) is 0 Å². The van der Waals surface area contributed by atoms with Gasteiger partial charge in [-0.2, -0.15) is 0 Å². The normalized spacial score (nSPS) is 24.4. The fraction of sp³-hybridized carbons (Fsp3) is 0.429. The maximum absolute atomic E-state index is 13.2. The van der Waals surface area contributed by atoms with Crippen LogP contribution >= 0.6 is 0 Å². The molecule has 3 aromatic carbocycles. The van der Waals surface area contributed by atoms with Gasteiger partial charge in [0.05, 0.1) is 24.2 Å². The summed E-state index contributed by atoms with van der Waals surface area (Å²) in [5.41, 5.74) is 4.63. The van der Waals surface area contributed by atoms with E-state index in [1.807, 2.05) is 30.3 Å². The molecule has 3 atom stereocenters. The number of morpholine rings is 1. The number of hydrogen-bond acceptors (Lipinski definition) is 4. The molecule has 0 spiro atoms. The number of ether oxygens (including phenoxy) is 1. The molecule has 0 N–H and O–H groups in total. The maximum Gasteiger partial charge on any atom is 0.253 e. The summed E-state index contributed by atoms with van der Waals surface area (Å²) in [5, 5.41) is 0. The van der Waals surface area contributed by atoms with E-state index in [0.29, 0.717) is 18.1 Å². The third-order valence-electron chi connectivity index (χ3n) is 10.0. The molecule has 41 heavy (non-hydrogen) atoms. The molecule has 0 radical (unpaired) electrons. The number of imidazole rings is 1. The van der Waals surface area contributed by atoms with Crippen molar-refractivity contribution in [1.29, 1.82) is 0 Å². The zero-order valence-electron chi connectivity index (χ0n) is 24.0. The van der Waals surface area contributed by atoms with Gasteiger partial charge >= 0.3 is 0 Å². The zero-order valence-corrected chi connectivity index (χ0v) is 24.0. The number of hydrogen-bond donors (Lipinski definition) is 0. The quantitative estimate of drug-likeness (QED) is 0.296. The molecule has 4 aromatic rings. The highest BCUT2D eigenvalue weighted by Gasteiger charge is 2.43. The van der Waals surface area contributed by atoms with Crippen LogP contribution in [0.4, 0.5) is 0 Å². The van der Waals surface area contributed by atoms with Crippen LogP contribution in [-0.2, 0) is 10.2 Å². The largest absolute Gasteiger partial charge is 0.378 e. The lowest BCUT2D eigenvalue weighted by molar-refractivity contribution is -0.0879. The van der Waals surface area contributed by atoms with E-state index < -0.39 is 0 Å². The van der Waals surface area contributed by atoms with E-state index in [9.17, 15) is 4.79 Å². The summed E-state index contributed by atoms with van der Waals surface area (Å²) >= 11 is 0. The lowest BCUT2D eigenvalue weighted by atomic mass is 9.70. The SMILES string of the molecule is Cc1nc2ccccc2n1C1C[C@H]2COC[C@@H](C1)N2CCC1(c2ccccc2)CCN(C(=O)c2ccccc2)CC1. The second kappa shape index (κ2) is 11.1. The zero-order chi connectivity index (χ0) is 27.8. The summed E-state index contributed by atoms with van der Waals surface area (Å²) in [6.45, 7) is 6.42. The number of aryl methyl sites for hydroxylation is 1. The first-order chi connectivity index (χ1) is 20.1. The van der Waals surface area contributed by atoms with Crippen molar-refractivity contribution < 1.29 is 9.53 Å². The maximum atomic E-state index is 13.2. The van der Waals surface area contributed by atoms with Gasteiger partial charge in [0, 0.05) is 36.8 Å². The molecule has 0 saturated carbocycles. The Balaban J connectivity index is 1.08. The second-order valence-corrected chi connectivity index (χ2v) is 12.3. The molecule has 4 heterocycles. The van der Waals surface area contributed by atoms with Crippen molar-refractivity contribution in [2.24, 2.45) is 0 Å². The summed E-state index contributed by atoms with van der Waals surface area (Å²) in [6, 6.07) is 30.6. The minimum atomic E-state index is 0.0812. The topological polar surface area (TPSA) is 50.6 Å². The molecule has 3 aliphatic heterocycles. The summed E-state index contributed by atoms with van der Waals surface area (Å²) in [7, 11) is 0. The van der Waals surface area contributed by atoms with Gasteiger partial charge in [0.15, 0.2) is 0 Å². The standard InChI is InChI=1S/C35H40N4O2/c1-26-36-32-14-8-9-15-33(32)39(26)29-22-30-24-41-25-31(23-29)38(30)21-18-35(28-12-6-3-7-13-28)16-19-37(20-17-35)34(40)27-10-4-2-5-11-27/h2-15,29-31H,16-25H2,1H3/t29?,30-,31+. The lowest BCUT2D eigenvalue weighted by Crippen LogP contribution is -2.58. The van der Waals surface area contributed by atoms with Gasteiger partial charge in [-0.15, -0.1) is 0 Å². The van der Waals surface area contributed by atoms with Crippen molar-refractivity contribution in [2.75, 3.05) is 32.8 Å². The molecule has 2 bridgehead atoms.